The molecule has 50 heavy (non-hydrogen) atoms. The Morgan fingerprint density at radius 2 is 0.400 bits per heavy atom. The van der Waals surface area contributed by atoms with Crippen LogP contribution in [0.2, 0.25) is 0 Å². The third-order valence-electron chi connectivity index (χ3n) is 10.4. The van der Waals surface area contributed by atoms with Crippen LogP contribution in [0.15, 0.2) is 179 Å². The maximum Gasteiger partial charge on any atom is 0.0332 e. The van der Waals surface area contributed by atoms with Crippen LogP contribution in [-0.4, -0.2) is 0 Å². The average molecular weight is 765 g/mol. The SMILES string of the molecule is Brc1c2ccccc2c(-c2ccc(-c3ccc(-c4c5ccccc5c(Br)c5ccccc45)c4ccccc34)c3ccccc23)c2ccccc12. The molecule has 0 bridgehead atoms. The van der Waals surface area contributed by atoms with E-state index in [1.54, 1.807) is 0 Å². The molecule has 0 spiro atoms. The zero-order valence-electron chi connectivity index (χ0n) is 26.9. The van der Waals surface area contributed by atoms with Crippen molar-refractivity contribution in [3.63, 3.8) is 0 Å². The molecule has 0 fully saturated rings. The first-order valence-corrected chi connectivity index (χ1v) is 18.5. The summed E-state index contributed by atoms with van der Waals surface area (Å²) in [6, 6.07) is 62.2. The molecule has 10 rings (SSSR count). The molecule has 0 saturated heterocycles. The van der Waals surface area contributed by atoms with Crippen molar-refractivity contribution in [2.75, 3.05) is 0 Å². The van der Waals surface area contributed by atoms with Gasteiger partial charge in [-0.15, -0.1) is 0 Å². The van der Waals surface area contributed by atoms with Crippen LogP contribution in [-0.2, 0) is 0 Å². The van der Waals surface area contributed by atoms with Crippen molar-refractivity contribution < 1.29 is 0 Å². The van der Waals surface area contributed by atoms with Gasteiger partial charge < -0.3 is 0 Å². The van der Waals surface area contributed by atoms with Gasteiger partial charge in [0.25, 0.3) is 0 Å². The topological polar surface area (TPSA) is 0 Å². The van der Waals surface area contributed by atoms with Gasteiger partial charge in [0.1, 0.15) is 0 Å². The molecule has 0 radical (unpaired) electrons. The molecule has 2 heteroatoms. The Balaban J connectivity index is 1.26. The Morgan fingerprint density at radius 3 is 0.680 bits per heavy atom. The van der Waals surface area contributed by atoms with E-state index in [0.717, 1.165) is 8.95 Å². The Kier molecular flexibility index (Phi) is 6.91. The minimum atomic E-state index is 1.14. The van der Waals surface area contributed by atoms with Gasteiger partial charge in [-0.25, -0.2) is 0 Å². The average Bonchev–Trinajstić information content (AvgIpc) is 3.18. The van der Waals surface area contributed by atoms with Gasteiger partial charge in [-0.2, -0.15) is 0 Å². The van der Waals surface area contributed by atoms with E-state index in [1.165, 1.54) is 98.0 Å². The molecule has 0 nitrogen and oxygen atoms in total. The van der Waals surface area contributed by atoms with Crippen LogP contribution >= 0.6 is 31.9 Å². The van der Waals surface area contributed by atoms with E-state index in [0.29, 0.717) is 0 Å². The second-order valence-electron chi connectivity index (χ2n) is 13.0. The van der Waals surface area contributed by atoms with Crippen molar-refractivity contribution in [1.29, 1.82) is 0 Å². The first-order valence-electron chi connectivity index (χ1n) is 16.9. The maximum atomic E-state index is 3.95. The number of fused-ring (bicyclic) bond motifs is 6. The third-order valence-corrected chi connectivity index (χ3v) is 12.1. The maximum absolute atomic E-state index is 3.95. The fourth-order valence-electron chi connectivity index (χ4n) is 8.23. The molecule has 0 aliphatic rings. The van der Waals surface area contributed by atoms with Crippen LogP contribution in [0.5, 0.6) is 0 Å². The highest BCUT2D eigenvalue weighted by molar-refractivity contribution is 9.11. The zero-order valence-corrected chi connectivity index (χ0v) is 30.1. The molecule has 10 aromatic rings. The Bertz CT molecular complexity index is 2690. The van der Waals surface area contributed by atoms with Gasteiger partial charge in [-0.3, -0.25) is 0 Å². The summed E-state index contributed by atoms with van der Waals surface area (Å²) in [7, 11) is 0. The van der Waals surface area contributed by atoms with E-state index in [-0.39, 0.29) is 0 Å². The van der Waals surface area contributed by atoms with Crippen molar-refractivity contribution in [3.05, 3.63) is 179 Å². The second-order valence-corrected chi connectivity index (χ2v) is 14.6. The number of hydrogen-bond acceptors (Lipinski definition) is 0. The van der Waals surface area contributed by atoms with Crippen molar-refractivity contribution in [2.24, 2.45) is 0 Å². The zero-order chi connectivity index (χ0) is 33.3. The van der Waals surface area contributed by atoms with Gasteiger partial charge in [0.2, 0.25) is 0 Å². The summed E-state index contributed by atoms with van der Waals surface area (Å²) in [5.41, 5.74) is 7.52. The smallest absolute Gasteiger partial charge is 0.0332 e. The molecule has 234 valence electrons. The van der Waals surface area contributed by atoms with Crippen LogP contribution in [0.25, 0.3) is 98.0 Å². The predicted octanol–water partition coefficient (Wildman–Crippen LogP) is 15.1. The van der Waals surface area contributed by atoms with E-state index in [4.69, 9.17) is 0 Å². The van der Waals surface area contributed by atoms with E-state index < -0.39 is 0 Å². The third kappa shape index (κ3) is 4.35. The highest BCUT2D eigenvalue weighted by Gasteiger charge is 2.20. The minimum Gasteiger partial charge on any atom is -0.0616 e. The van der Waals surface area contributed by atoms with Gasteiger partial charge in [0.05, 0.1) is 0 Å². The summed E-state index contributed by atoms with van der Waals surface area (Å²) in [6.07, 6.45) is 0. The number of benzene rings is 10. The van der Waals surface area contributed by atoms with Gasteiger partial charge in [0, 0.05) is 8.95 Å². The van der Waals surface area contributed by atoms with Gasteiger partial charge in [-0.1, -0.05) is 170 Å². The number of hydrogen-bond donors (Lipinski definition) is 0. The van der Waals surface area contributed by atoms with Crippen LogP contribution in [0.3, 0.4) is 0 Å². The van der Waals surface area contributed by atoms with Crippen LogP contribution in [0.4, 0.5) is 0 Å². The normalized spacial score (nSPS) is 11.8. The Morgan fingerprint density at radius 1 is 0.200 bits per heavy atom. The summed E-state index contributed by atoms with van der Waals surface area (Å²) >= 11 is 7.91. The molecular formula is C48H28Br2. The molecule has 0 unspecified atom stereocenters. The highest BCUT2D eigenvalue weighted by Crippen LogP contribution is 2.48. The highest BCUT2D eigenvalue weighted by atomic mass is 79.9. The second kappa shape index (κ2) is 11.7. The van der Waals surface area contributed by atoms with E-state index in [9.17, 15) is 0 Å². The van der Waals surface area contributed by atoms with Crippen LogP contribution in [0.1, 0.15) is 0 Å². The molecule has 0 N–H and O–H groups in total. The van der Waals surface area contributed by atoms with Crippen LogP contribution in [0, 0.1) is 0 Å². The number of rotatable bonds is 3. The largest absolute Gasteiger partial charge is 0.0616 e. The fraction of sp³-hybridized carbons (Fsp3) is 0. The molecule has 0 aliphatic carbocycles. The van der Waals surface area contributed by atoms with E-state index >= 15 is 0 Å². The molecule has 10 aromatic carbocycles. The van der Waals surface area contributed by atoms with Gasteiger partial charge in [0.15, 0.2) is 0 Å². The molecule has 0 aromatic heterocycles. The first kappa shape index (κ1) is 29.6. The fourth-order valence-corrected chi connectivity index (χ4v) is 9.62. The summed E-state index contributed by atoms with van der Waals surface area (Å²) in [5.74, 6) is 0. The lowest BCUT2D eigenvalue weighted by atomic mass is 9.84. The first-order chi connectivity index (χ1) is 24.7. The lowest BCUT2D eigenvalue weighted by molar-refractivity contribution is 1.66. The predicted molar refractivity (Wildman–Crippen MR) is 223 cm³/mol. The lowest BCUT2D eigenvalue weighted by Crippen LogP contribution is -1.92. The molecule has 0 saturated carbocycles. The summed E-state index contributed by atoms with van der Waals surface area (Å²) in [5, 5.41) is 14.9. The molecule has 0 aliphatic heterocycles. The summed E-state index contributed by atoms with van der Waals surface area (Å²) in [4.78, 5) is 0. The summed E-state index contributed by atoms with van der Waals surface area (Å²) in [6.45, 7) is 0. The quantitative estimate of drug-likeness (QED) is 0.157. The van der Waals surface area contributed by atoms with E-state index in [1.807, 2.05) is 0 Å². The minimum absolute atomic E-state index is 1.14. The van der Waals surface area contributed by atoms with Crippen molar-refractivity contribution >= 4 is 96.5 Å². The van der Waals surface area contributed by atoms with Crippen molar-refractivity contribution in [3.8, 4) is 33.4 Å². The van der Waals surface area contributed by atoms with E-state index in [2.05, 4.69) is 202 Å². The molecule has 0 amide bonds. The number of halogens is 2. The summed E-state index contributed by atoms with van der Waals surface area (Å²) < 4.78 is 2.29. The standard InChI is InChI=1S/C48H28Br2/c49-47-41-21-9-5-17-35(41)45(36-18-6-10-22-42(36)47)39-27-25-33(29-13-1-3-15-31(29)39)34-26-28-40(32-16-4-2-14-30(32)34)46-37-19-7-11-23-43(37)48(50)44-24-12-8-20-38(44)46/h1-28H. The Labute approximate surface area is 306 Å². The van der Waals surface area contributed by atoms with Gasteiger partial charge >= 0.3 is 0 Å². The van der Waals surface area contributed by atoms with Crippen LogP contribution < -0.4 is 0 Å². The monoisotopic (exact) mass is 762 g/mol. The van der Waals surface area contributed by atoms with Crippen molar-refractivity contribution in [1.82, 2.24) is 0 Å². The molecule has 0 atom stereocenters. The Hall–Kier alpha value is -5.28. The van der Waals surface area contributed by atoms with Crippen molar-refractivity contribution in [2.45, 2.75) is 0 Å². The molecular weight excluding hydrogens is 736 g/mol. The molecule has 0 heterocycles. The van der Waals surface area contributed by atoms with Gasteiger partial charge in [-0.05, 0) is 130 Å². The lowest BCUT2D eigenvalue weighted by Gasteiger charge is -2.19.